The Balaban J connectivity index is 1.68. The van der Waals surface area contributed by atoms with Crippen molar-refractivity contribution < 1.29 is 0 Å². The predicted molar refractivity (Wildman–Crippen MR) is 60.9 cm³/mol. The fourth-order valence-electron chi connectivity index (χ4n) is 2.10. The minimum absolute atomic E-state index is 0.535. The Labute approximate surface area is 90.3 Å². The highest BCUT2D eigenvalue weighted by molar-refractivity contribution is 5.38. The number of nitrogens with zero attached hydrogens (tertiary/aromatic N) is 1. The molecule has 0 bridgehead atoms. The van der Waals surface area contributed by atoms with Gasteiger partial charge in [0.05, 0.1) is 0 Å². The lowest BCUT2D eigenvalue weighted by Crippen LogP contribution is -2.13. The standard InChI is InChI=1S/C12H17N3/c1-2-11(13-7-1)9-3-6-12(14-8-9)15-10-4-5-10/h3,6,8,10-11,13H,1-2,4-5,7H2,(H,14,15)/t11-/m1/s1. The van der Waals surface area contributed by atoms with Crippen LogP contribution in [0.2, 0.25) is 0 Å². The van der Waals surface area contributed by atoms with Crippen LogP contribution in [0, 0.1) is 0 Å². The zero-order valence-electron chi connectivity index (χ0n) is 8.87. The minimum Gasteiger partial charge on any atom is -0.367 e. The van der Waals surface area contributed by atoms with Crippen LogP contribution in [0.25, 0.3) is 0 Å². The summed E-state index contributed by atoms with van der Waals surface area (Å²) >= 11 is 0. The summed E-state index contributed by atoms with van der Waals surface area (Å²) in [4.78, 5) is 4.45. The molecule has 1 atom stereocenters. The Bertz CT molecular complexity index is 323. The molecule has 1 saturated heterocycles. The molecule has 0 unspecified atom stereocenters. The molecule has 0 spiro atoms. The number of aromatic nitrogens is 1. The van der Waals surface area contributed by atoms with Crippen molar-refractivity contribution in [3.8, 4) is 0 Å². The number of rotatable bonds is 3. The first-order valence-electron chi connectivity index (χ1n) is 5.88. The van der Waals surface area contributed by atoms with Crippen LogP contribution in [0.4, 0.5) is 5.82 Å². The summed E-state index contributed by atoms with van der Waals surface area (Å²) in [5, 5.41) is 6.89. The number of hydrogen-bond acceptors (Lipinski definition) is 3. The van der Waals surface area contributed by atoms with Gasteiger partial charge in [0.1, 0.15) is 5.82 Å². The average molecular weight is 203 g/mol. The second kappa shape index (κ2) is 3.81. The summed E-state index contributed by atoms with van der Waals surface area (Å²) in [6.07, 6.45) is 7.14. The van der Waals surface area contributed by atoms with E-state index < -0.39 is 0 Å². The SMILES string of the molecule is c1cc(NC2CC2)ncc1[C@H]1CCCN1. The molecule has 1 aliphatic carbocycles. The molecule has 3 heteroatoms. The smallest absolute Gasteiger partial charge is 0.126 e. The minimum atomic E-state index is 0.535. The van der Waals surface area contributed by atoms with Crippen molar-refractivity contribution in [3.63, 3.8) is 0 Å². The van der Waals surface area contributed by atoms with E-state index in [2.05, 4.69) is 27.8 Å². The van der Waals surface area contributed by atoms with Gasteiger partial charge in [-0.15, -0.1) is 0 Å². The second-order valence-electron chi connectivity index (χ2n) is 4.54. The molecule has 2 N–H and O–H groups in total. The molecule has 0 radical (unpaired) electrons. The molecule has 15 heavy (non-hydrogen) atoms. The van der Waals surface area contributed by atoms with E-state index >= 15 is 0 Å². The van der Waals surface area contributed by atoms with Crippen molar-refractivity contribution in [1.82, 2.24) is 10.3 Å². The van der Waals surface area contributed by atoms with E-state index in [9.17, 15) is 0 Å². The largest absolute Gasteiger partial charge is 0.367 e. The Kier molecular flexibility index (Phi) is 2.33. The molecule has 80 valence electrons. The maximum atomic E-state index is 4.45. The average Bonchev–Trinajstić information content (AvgIpc) is 2.92. The lowest BCUT2D eigenvalue weighted by atomic mass is 10.1. The third kappa shape index (κ3) is 2.12. The first kappa shape index (κ1) is 9.16. The number of anilines is 1. The van der Waals surface area contributed by atoms with E-state index in [-0.39, 0.29) is 0 Å². The lowest BCUT2D eigenvalue weighted by molar-refractivity contribution is 0.645. The van der Waals surface area contributed by atoms with Crippen LogP contribution >= 0.6 is 0 Å². The first-order chi connectivity index (χ1) is 7.42. The Hall–Kier alpha value is -1.09. The lowest BCUT2D eigenvalue weighted by Gasteiger charge is -2.10. The van der Waals surface area contributed by atoms with Crippen LogP contribution in [0.5, 0.6) is 0 Å². The van der Waals surface area contributed by atoms with Crippen molar-refractivity contribution in [3.05, 3.63) is 23.9 Å². The summed E-state index contributed by atoms with van der Waals surface area (Å²) in [6.45, 7) is 1.15. The van der Waals surface area contributed by atoms with Crippen LogP contribution in [-0.2, 0) is 0 Å². The van der Waals surface area contributed by atoms with Gasteiger partial charge < -0.3 is 10.6 Å². The molecule has 0 aromatic carbocycles. The van der Waals surface area contributed by atoms with Crippen LogP contribution in [0.15, 0.2) is 18.3 Å². The van der Waals surface area contributed by atoms with E-state index in [1.165, 1.54) is 31.2 Å². The van der Waals surface area contributed by atoms with E-state index in [0.717, 1.165) is 12.4 Å². The van der Waals surface area contributed by atoms with Crippen molar-refractivity contribution >= 4 is 5.82 Å². The molecule has 2 heterocycles. The molecule has 3 rings (SSSR count). The molecule has 1 aromatic heterocycles. The van der Waals surface area contributed by atoms with Crippen molar-refractivity contribution in [1.29, 1.82) is 0 Å². The van der Waals surface area contributed by atoms with E-state index in [1.54, 1.807) is 0 Å². The highest BCUT2D eigenvalue weighted by Gasteiger charge is 2.21. The zero-order chi connectivity index (χ0) is 10.1. The maximum Gasteiger partial charge on any atom is 0.126 e. The Morgan fingerprint density at radius 2 is 2.20 bits per heavy atom. The number of hydrogen-bond donors (Lipinski definition) is 2. The normalized spacial score (nSPS) is 25.5. The van der Waals surface area contributed by atoms with Gasteiger partial charge in [-0.25, -0.2) is 4.98 Å². The van der Waals surface area contributed by atoms with Gasteiger partial charge in [-0.3, -0.25) is 0 Å². The molecular formula is C12H17N3. The van der Waals surface area contributed by atoms with Crippen molar-refractivity contribution in [2.24, 2.45) is 0 Å². The van der Waals surface area contributed by atoms with Crippen molar-refractivity contribution in [2.75, 3.05) is 11.9 Å². The second-order valence-corrected chi connectivity index (χ2v) is 4.54. The molecule has 3 nitrogen and oxygen atoms in total. The van der Waals surface area contributed by atoms with Crippen LogP contribution in [0.3, 0.4) is 0 Å². The highest BCUT2D eigenvalue weighted by atomic mass is 15.0. The summed E-state index contributed by atoms with van der Waals surface area (Å²) in [6, 6.07) is 5.52. The van der Waals surface area contributed by atoms with Crippen LogP contribution < -0.4 is 10.6 Å². The van der Waals surface area contributed by atoms with Gasteiger partial charge in [0.2, 0.25) is 0 Å². The van der Waals surface area contributed by atoms with Gasteiger partial charge in [0, 0.05) is 18.3 Å². The van der Waals surface area contributed by atoms with Crippen molar-refractivity contribution in [2.45, 2.75) is 37.8 Å². The summed E-state index contributed by atoms with van der Waals surface area (Å²) < 4.78 is 0. The van der Waals surface area contributed by atoms with Gasteiger partial charge in [0.15, 0.2) is 0 Å². The molecule has 1 aliphatic heterocycles. The van der Waals surface area contributed by atoms with E-state index in [0.29, 0.717) is 12.1 Å². The van der Waals surface area contributed by atoms with Gasteiger partial charge in [-0.2, -0.15) is 0 Å². The van der Waals surface area contributed by atoms with Gasteiger partial charge in [0.25, 0.3) is 0 Å². The summed E-state index contributed by atoms with van der Waals surface area (Å²) in [5.74, 6) is 1.03. The topological polar surface area (TPSA) is 37.0 Å². The number of pyridine rings is 1. The van der Waals surface area contributed by atoms with Crippen LogP contribution in [0.1, 0.15) is 37.3 Å². The molecule has 0 amide bonds. The van der Waals surface area contributed by atoms with Gasteiger partial charge in [-0.1, -0.05) is 6.07 Å². The Morgan fingerprint density at radius 3 is 2.80 bits per heavy atom. The van der Waals surface area contributed by atoms with Gasteiger partial charge >= 0.3 is 0 Å². The number of nitrogens with one attached hydrogen (secondary N) is 2. The Morgan fingerprint density at radius 1 is 1.27 bits per heavy atom. The maximum absolute atomic E-state index is 4.45. The third-order valence-electron chi connectivity index (χ3n) is 3.18. The predicted octanol–water partition coefficient (Wildman–Crippen LogP) is 2.08. The highest BCUT2D eigenvalue weighted by Crippen LogP contribution is 2.26. The quantitative estimate of drug-likeness (QED) is 0.789. The fourth-order valence-corrected chi connectivity index (χ4v) is 2.10. The summed E-state index contributed by atoms with van der Waals surface area (Å²) in [7, 11) is 0. The molecule has 2 fully saturated rings. The molecule has 2 aliphatic rings. The van der Waals surface area contributed by atoms with E-state index in [4.69, 9.17) is 0 Å². The molecule has 1 aromatic rings. The molecule has 1 saturated carbocycles. The summed E-state index contributed by atoms with van der Waals surface area (Å²) in [5.41, 5.74) is 1.33. The monoisotopic (exact) mass is 203 g/mol. The fraction of sp³-hybridized carbons (Fsp3) is 0.583. The first-order valence-corrected chi connectivity index (χ1v) is 5.88. The van der Waals surface area contributed by atoms with E-state index in [1.807, 2.05) is 6.20 Å². The van der Waals surface area contributed by atoms with Crippen LogP contribution in [-0.4, -0.2) is 17.6 Å². The van der Waals surface area contributed by atoms with Gasteiger partial charge in [-0.05, 0) is 43.9 Å². The third-order valence-corrected chi connectivity index (χ3v) is 3.18. The zero-order valence-corrected chi connectivity index (χ0v) is 8.87. The molecular weight excluding hydrogens is 186 g/mol.